The molecule has 8 nitrogen and oxygen atoms in total. The molecule has 0 radical (unpaired) electrons. The van der Waals surface area contributed by atoms with E-state index in [1.165, 1.54) is 13.2 Å². The molecular formula is C37H35Cl2FN4O4. The van der Waals surface area contributed by atoms with Gasteiger partial charge in [0, 0.05) is 52.5 Å². The molecule has 3 heterocycles. The van der Waals surface area contributed by atoms with E-state index >= 15 is 4.39 Å². The summed E-state index contributed by atoms with van der Waals surface area (Å²) in [5.41, 5.74) is 10.2. The lowest BCUT2D eigenvalue weighted by Crippen LogP contribution is -2.52. The summed E-state index contributed by atoms with van der Waals surface area (Å²) < 4.78 is 27.1. The van der Waals surface area contributed by atoms with Gasteiger partial charge in [-0.1, -0.05) is 59.6 Å². The van der Waals surface area contributed by atoms with Crippen LogP contribution in [0.25, 0.3) is 0 Å². The highest BCUT2D eigenvalue weighted by Gasteiger charge is 2.69. The van der Waals surface area contributed by atoms with Gasteiger partial charge < -0.3 is 25.8 Å². The van der Waals surface area contributed by atoms with Crippen molar-refractivity contribution in [3.63, 3.8) is 0 Å². The van der Waals surface area contributed by atoms with Gasteiger partial charge in [0.05, 0.1) is 24.3 Å². The molecule has 4 aromatic carbocycles. The molecule has 48 heavy (non-hydrogen) atoms. The van der Waals surface area contributed by atoms with E-state index in [9.17, 15) is 9.59 Å². The number of esters is 1. The number of hydrogen-bond acceptors (Lipinski definition) is 7. The third-order valence-electron chi connectivity index (χ3n) is 10.0. The average Bonchev–Trinajstić information content (AvgIpc) is 3.69. The third-order valence-corrected chi connectivity index (χ3v) is 10.6. The minimum atomic E-state index is -1.32. The fourth-order valence-corrected chi connectivity index (χ4v) is 8.49. The van der Waals surface area contributed by atoms with Gasteiger partial charge in [-0.2, -0.15) is 0 Å². The average molecular weight is 690 g/mol. The van der Waals surface area contributed by atoms with Crippen LogP contribution in [0.1, 0.15) is 63.5 Å². The zero-order valence-electron chi connectivity index (χ0n) is 26.7. The van der Waals surface area contributed by atoms with Crippen LogP contribution < -0.4 is 21.1 Å². The van der Waals surface area contributed by atoms with E-state index in [1.54, 1.807) is 30.3 Å². The molecule has 2 fully saturated rings. The van der Waals surface area contributed by atoms with Crippen molar-refractivity contribution in [1.29, 1.82) is 0 Å². The number of ether oxygens (including phenoxy) is 2. The summed E-state index contributed by atoms with van der Waals surface area (Å²) >= 11 is 12.8. The number of halogens is 3. The van der Waals surface area contributed by atoms with Crippen LogP contribution in [0, 0.1) is 12.7 Å². The first kappa shape index (κ1) is 32.4. The zero-order chi connectivity index (χ0) is 33.9. The number of aryl methyl sites for hydroxylation is 1. The number of carbonyl (C=O) groups is 2. The van der Waals surface area contributed by atoms with Crippen LogP contribution in [0.3, 0.4) is 0 Å². The Morgan fingerprint density at radius 2 is 1.88 bits per heavy atom. The Kier molecular flexibility index (Phi) is 8.36. The van der Waals surface area contributed by atoms with Gasteiger partial charge in [-0.25, -0.2) is 9.18 Å². The van der Waals surface area contributed by atoms with E-state index in [1.807, 2.05) is 50.2 Å². The maximum Gasteiger partial charge on any atom is 0.338 e. The summed E-state index contributed by atoms with van der Waals surface area (Å²) in [5.74, 6) is -1.29. The largest absolute Gasteiger partial charge is 0.494 e. The van der Waals surface area contributed by atoms with Gasteiger partial charge in [-0.15, -0.1) is 0 Å². The molecular weight excluding hydrogens is 654 g/mol. The van der Waals surface area contributed by atoms with Crippen molar-refractivity contribution in [1.82, 2.24) is 10.2 Å². The van der Waals surface area contributed by atoms with E-state index in [0.29, 0.717) is 52.7 Å². The highest BCUT2D eigenvalue weighted by molar-refractivity contribution is 6.31. The molecule has 0 bridgehead atoms. The molecule has 3 aliphatic rings. The normalized spacial score (nSPS) is 24.4. The minimum Gasteiger partial charge on any atom is -0.494 e. The summed E-state index contributed by atoms with van der Waals surface area (Å²) in [6, 6.07) is 20.7. The second kappa shape index (κ2) is 12.4. The van der Waals surface area contributed by atoms with Crippen LogP contribution in [-0.2, 0) is 21.6 Å². The molecule has 5 atom stereocenters. The Morgan fingerprint density at radius 3 is 2.65 bits per heavy atom. The number of fused-ring (bicyclic) bond motifs is 3. The number of nitrogens with one attached hydrogen (secondary N) is 2. The second-order valence-corrected chi connectivity index (χ2v) is 13.4. The number of nitrogens with zero attached hydrogens (tertiary/aromatic N) is 1. The summed E-state index contributed by atoms with van der Waals surface area (Å²) in [4.78, 5) is 29.3. The number of anilines is 2. The Balaban J connectivity index is 1.42. The highest BCUT2D eigenvalue weighted by Crippen LogP contribution is 2.61. The van der Waals surface area contributed by atoms with Crippen molar-refractivity contribution in [3.8, 4) is 5.75 Å². The summed E-state index contributed by atoms with van der Waals surface area (Å²) in [6.07, 6.45) is 0.549. The maximum atomic E-state index is 16.3. The van der Waals surface area contributed by atoms with Crippen molar-refractivity contribution in [2.75, 3.05) is 24.8 Å². The van der Waals surface area contributed by atoms with Gasteiger partial charge in [-0.05, 0) is 78.9 Å². The molecule has 0 aromatic heterocycles. The van der Waals surface area contributed by atoms with Crippen molar-refractivity contribution in [2.24, 2.45) is 0 Å². The van der Waals surface area contributed by atoms with Crippen molar-refractivity contribution in [3.05, 3.63) is 122 Å². The van der Waals surface area contributed by atoms with E-state index in [0.717, 1.165) is 22.4 Å². The number of nitrogen functional groups attached to an aromatic ring is 1. The maximum absolute atomic E-state index is 16.3. The van der Waals surface area contributed by atoms with Gasteiger partial charge >= 0.3 is 5.97 Å². The summed E-state index contributed by atoms with van der Waals surface area (Å²) in [7, 11) is 1.33. The predicted molar refractivity (Wildman–Crippen MR) is 184 cm³/mol. The monoisotopic (exact) mass is 688 g/mol. The Hall–Kier alpha value is -4.15. The van der Waals surface area contributed by atoms with Crippen LogP contribution in [0.4, 0.5) is 15.8 Å². The Morgan fingerprint density at radius 1 is 1.08 bits per heavy atom. The molecule has 4 aromatic rings. The Labute approximate surface area is 288 Å². The molecule has 248 valence electrons. The predicted octanol–water partition coefficient (Wildman–Crippen LogP) is 7.13. The first-order chi connectivity index (χ1) is 23.1. The van der Waals surface area contributed by atoms with Crippen LogP contribution in [0.15, 0.2) is 72.8 Å². The molecule has 2 unspecified atom stereocenters. The molecule has 1 amide bonds. The van der Waals surface area contributed by atoms with Gasteiger partial charge in [0.15, 0.2) is 0 Å². The summed E-state index contributed by atoms with van der Waals surface area (Å²) in [6.45, 7) is 4.64. The fraction of sp³-hybridized carbons (Fsp3) is 0.297. The van der Waals surface area contributed by atoms with Crippen molar-refractivity contribution < 1.29 is 23.5 Å². The number of likely N-dealkylation sites (tertiary alicyclic amines) is 1. The lowest BCUT2D eigenvalue weighted by atomic mass is 9.73. The second-order valence-electron chi connectivity index (χ2n) is 12.6. The molecule has 3 aliphatic heterocycles. The first-order valence-electron chi connectivity index (χ1n) is 15.9. The highest BCUT2D eigenvalue weighted by atomic mass is 35.5. The fourth-order valence-electron chi connectivity index (χ4n) is 8.14. The van der Waals surface area contributed by atoms with E-state index in [-0.39, 0.29) is 23.0 Å². The molecule has 1 spiro atoms. The van der Waals surface area contributed by atoms with E-state index in [4.69, 9.17) is 38.4 Å². The number of amides is 1. The smallest absolute Gasteiger partial charge is 0.338 e. The lowest BCUT2D eigenvalue weighted by molar-refractivity contribution is -0.128. The SMILES string of the molecule is CCOc1cccc(CN2[C@H]3CC(c4cc(C)c(C(=O)OC)cc4N)NC3[C@H](c3cccc(Cl)c3F)[C@]23C(=O)Nc2cc(Cl)ccc23)c1. The molecule has 0 aliphatic carbocycles. The van der Waals surface area contributed by atoms with Crippen molar-refractivity contribution >= 4 is 46.5 Å². The number of methoxy groups -OCH3 is 1. The molecule has 4 N–H and O–H groups in total. The molecule has 2 saturated heterocycles. The number of rotatable bonds is 7. The number of benzene rings is 4. The van der Waals surface area contributed by atoms with Gasteiger partial charge in [0.2, 0.25) is 5.91 Å². The van der Waals surface area contributed by atoms with E-state index < -0.39 is 29.3 Å². The zero-order valence-corrected chi connectivity index (χ0v) is 28.2. The Bertz CT molecular complexity index is 1960. The molecule has 7 rings (SSSR count). The quantitative estimate of drug-likeness (QED) is 0.140. The number of carbonyl (C=O) groups excluding carboxylic acids is 2. The minimum absolute atomic E-state index is 0.0235. The third kappa shape index (κ3) is 5.03. The molecule has 11 heteroatoms. The van der Waals surface area contributed by atoms with Crippen LogP contribution in [0.2, 0.25) is 10.0 Å². The topological polar surface area (TPSA) is 106 Å². The van der Waals surface area contributed by atoms with Crippen LogP contribution in [0.5, 0.6) is 5.75 Å². The van der Waals surface area contributed by atoms with Gasteiger partial charge in [0.25, 0.3) is 0 Å². The van der Waals surface area contributed by atoms with Crippen molar-refractivity contribution in [2.45, 2.75) is 56.4 Å². The number of hydrogen-bond donors (Lipinski definition) is 3. The standard InChI is InChI=1S/C37H35Cl2FN4O4/c1-4-48-22-8-5-7-20(14-22)18-44-31-17-29(25-13-19(2)24(16-28(25)41)35(45)47-3)42-34(31)32(23-9-6-10-27(39)33(23)40)37(44)26-12-11-21(38)15-30(26)43-36(37)46/h5-16,29,31-32,34,42H,4,17-18,41H2,1-3H3,(H,43,46)/t29?,31-,32-,34?,37+/m0/s1. The number of nitrogens with two attached hydrogens (primary N) is 1. The van der Waals surface area contributed by atoms with E-state index in [2.05, 4.69) is 15.5 Å². The van der Waals surface area contributed by atoms with Crippen LogP contribution in [-0.4, -0.2) is 42.6 Å². The van der Waals surface area contributed by atoms with Gasteiger partial charge in [0.1, 0.15) is 17.1 Å². The first-order valence-corrected chi connectivity index (χ1v) is 16.6. The summed E-state index contributed by atoms with van der Waals surface area (Å²) in [5, 5.41) is 7.32. The lowest BCUT2D eigenvalue weighted by Gasteiger charge is -2.41. The molecule has 0 saturated carbocycles. The van der Waals surface area contributed by atoms with Gasteiger partial charge in [-0.3, -0.25) is 9.69 Å². The van der Waals surface area contributed by atoms with Crippen LogP contribution >= 0.6 is 23.2 Å².